The fraction of sp³-hybridized carbons (Fsp3) is 0.185. The predicted molar refractivity (Wildman–Crippen MR) is 145 cm³/mol. The van der Waals surface area contributed by atoms with Crippen LogP contribution in [-0.4, -0.2) is 31.1 Å². The summed E-state index contributed by atoms with van der Waals surface area (Å²) in [5, 5.41) is 2.82. The summed E-state index contributed by atoms with van der Waals surface area (Å²) in [7, 11) is -2.43. The fourth-order valence-corrected chi connectivity index (χ4v) is 5.18. The third-order valence-electron chi connectivity index (χ3n) is 5.80. The Kier molecular flexibility index (Phi) is 8.30. The van der Waals surface area contributed by atoms with Crippen molar-refractivity contribution in [2.24, 2.45) is 0 Å². The summed E-state index contributed by atoms with van der Waals surface area (Å²) in [4.78, 5) is 17.5. The Hall–Kier alpha value is -3.63. The van der Waals surface area contributed by atoms with Crippen LogP contribution in [0.15, 0.2) is 94.6 Å². The summed E-state index contributed by atoms with van der Waals surface area (Å²) in [6, 6.07) is 22.1. The van der Waals surface area contributed by atoms with Gasteiger partial charge in [-0.2, -0.15) is 0 Å². The number of urea groups is 1. The van der Waals surface area contributed by atoms with Gasteiger partial charge in [-0.05, 0) is 64.7 Å². The Morgan fingerprint density at radius 2 is 1.68 bits per heavy atom. The highest BCUT2D eigenvalue weighted by Gasteiger charge is 2.25. The van der Waals surface area contributed by atoms with Crippen molar-refractivity contribution in [2.75, 3.05) is 7.11 Å². The number of methoxy groups -OCH3 is 1. The van der Waals surface area contributed by atoms with Crippen molar-refractivity contribution in [3.8, 4) is 5.75 Å². The molecule has 0 spiro atoms. The molecule has 0 unspecified atom stereocenters. The highest BCUT2D eigenvalue weighted by molar-refractivity contribution is 9.10. The third-order valence-corrected chi connectivity index (χ3v) is 7.78. The molecule has 2 amide bonds. The molecule has 4 aromatic rings. The number of rotatable bonds is 9. The standard InChI is InChI=1S/C27H27BrN4O4S/c1-19-8-14-23(15-9-19)37(34,35)31-27(33)30-24(16-20-6-4-3-5-7-20)26-29-17-25(28)32(26)18-21-10-12-22(36-2)13-11-21/h3-15,17,24H,16,18H2,1-2H3,(H2,30,31,33)/t24-/m0/s1. The van der Waals surface area contributed by atoms with Gasteiger partial charge in [0.1, 0.15) is 16.2 Å². The van der Waals surface area contributed by atoms with E-state index in [0.29, 0.717) is 18.8 Å². The molecule has 0 fully saturated rings. The van der Waals surface area contributed by atoms with Crippen LogP contribution in [0, 0.1) is 6.92 Å². The van der Waals surface area contributed by atoms with Crippen LogP contribution in [0.3, 0.4) is 0 Å². The quantitative estimate of drug-likeness (QED) is 0.289. The van der Waals surface area contributed by atoms with E-state index in [-0.39, 0.29) is 4.90 Å². The largest absolute Gasteiger partial charge is 0.497 e. The lowest BCUT2D eigenvalue weighted by atomic mass is 10.1. The van der Waals surface area contributed by atoms with Crippen LogP contribution < -0.4 is 14.8 Å². The van der Waals surface area contributed by atoms with E-state index in [0.717, 1.165) is 27.0 Å². The van der Waals surface area contributed by atoms with Crippen LogP contribution in [0.5, 0.6) is 5.75 Å². The van der Waals surface area contributed by atoms with Crippen LogP contribution >= 0.6 is 15.9 Å². The van der Waals surface area contributed by atoms with Gasteiger partial charge in [-0.25, -0.2) is 22.9 Å². The molecule has 1 atom stereocenters. The van der Waals surface area contributed by atoms with Crippen LogP contribution in [0.4, 0.5) is 4.79 Å². The lowest BCUT2D eigenvalue weighted by Gasteiger charge is -2.21. The van der Waals surface area contributed by atoms with Gasteiger partial charge in [-0.1, -0.05) is 60.2 Å². The number of carbonyl (C=O) groups excluding carboxylic acids is 1. The minimum absolute atomic E-state index is 0.0107. The Morgan fingerprint density at radius 1 is 1.00 bits per heavy atom. The van der Waals surface area contributed by atoms with Crippen LogP contribution in [0.2, 0.25) is 0 Å². The summed E-state index contributed by atoms with van der Waals surface area (Å²) >= 11 is 3.56. The molecule has 192 valence electrons. The second kappa shape index (κ2) is 11.6. The zero-order chi connectivity index (χ0) is 26.4. The summed E-state index contributed by atoms with van der Waals surface area (Å²) in [5.74, 6) is 1.33. The maximum absolute atomic E-state index is 13.0. The average molecular weight is 584 g/mol. The van der Waals surface area contributed by atoms with Crippen LogP contribution in [-0.2, 0) is 23.0 Å². The smallest absolute Gasteiger partial charge is 0.329 e. The molecule has 0 aliphatic carbocycles. The van der Waals surface area contributed by atoms with E-state index in [9.17, 15) is 13.2 Å². The summed E-state index contributed by atoms with van der Waals surface area (Å²) in [6.07, 6.45) is 2.07. The number of nitrogens with one attached hydrogen (secondary N) is 2. The van der Waals surface area contributed by atoms with Gasteiger partial charge >= 0.3 is 6.03 Å². The number of halogens is 1. The van der Waals surface area contributed by atoms with Crippen molar-refractivity contribution in [2.45, 2.75) is 30.8 Å². The highest BCUT2D eigenvalue weighted by atomic mass is 79.9. The molecule has 0 aliphatic heterocycles. The molecule has 0 bridgehead atoms. The number of hydrogen-bond donors (Lipinski definition) is 2. The van der Waals surface area contributed by atoms with E-state index in [2.05, 4.69) is 31.0 Å². The highest BCUT2D eigenvalue weighted by Crippen LogP contribution is 2.24. The molecule has 10 heteroatoms. The van der Waals surface area contributed by atoms with Gasteiger partial charge in [0, 0.05) is 6.54 Å². The minimum Gasteiger partial charge on any atom is -0.497 e. The first-order valence-corrected chi connectivity index (χ1v) is 13.8. The van der Waals surface area contributed by atoms with Crippen molar-refractivity contribution in [1.82, 2.24) is 19.6 Å². The summed E-state index contributed by atoms with van der Waals surface area (Å²) < 4.78 is 35.6. The van der Waals surface area contributed by atoms with Gasteiger partial charge in [0.25, 0.3) is 10.0 Å². The normalized spacial score (nSPS) is 12.1. The number of carbonyl (C=O) groups is 1. The first-order chi connectivity index (χ1) is 17.7. The third kappa shape index (κ3) is 6.78. The molecular weight excluding hydrogens is 556 g/mol. The van der Waals surface area contributed by atoms with Gasteiger partial charge in [0.05, 0.1) is 24.2 Å². The summed E-state index contributed by atoms with van der Waals surface area (Å²) in [5.41, 5.74) is 2.88. The van der Waals surface area contributed by atoms with Crippen molar-refractivity contribution < 1.29 is 17.9 Å². The number of sulfonamides is 1. The van der Waals surface area contributed by atoms with Crippen LogP contribution in [0.25, 0.3) is 0 Å². The second-order valence-electron chi connectivity index (χ2n) is 8.51. The molecule has 3 aromatic carbocycles. The number of aryl methyl sites for hydroxylation is 1. The van der Waals surface area contributed by atoms with Crippen molar-refractivity contribution in [3.63, 3.8) is 0 Å². The van der Waals surface area contributed by atoms with Gasteiger partial charge < -0.3 is 14.6 Å². The Bertz CT molecular complexity index is 1450. The zero-order valence-corrected chi connectivity index (χ0v) is 22.8. The molecule has 0 saturated heterocycles. The van der Waals surface area contributed by atoms with Gasteiger partial charge in [0.15, 0.2) is 0 Å². The number of ether oxygens (including phenoxy) is 1. The first-order valence-electron chi connectivity index (χ1n) is 11.5. The molecule has 37 heavy (non-hydrogen) atoms. The van der Waals surface area contributed by atoms with Crippen molar-refractivity contribution in [3.05, 3.63) is 112 Å². The Balaban J connectivity index is 1.60. The van der Waals surface area contributed by atoms with Gasteiger partial charge in [0.2, 0.25) is 0 Å². The van der Waals surface area contributed by atoms with E-state index in [1.54, 1.807) is 25.4 Å². The first kappa shape index (κ1) is 26.4. The van der Waals surface area contributed by atoms with Crippen molar-refractivity contribution in [1.29, 1.82) is 0 Å². The lowest BCUT2D eigenvalue weighted by Crippen LogP contribution is -2.42. The lowest BCUT2D eigenvalue weighted by molar-refractivity contribution is 0.241. The van der Waals surface area contributed by atoms with Crippen LogP contribution in [0.1, 0.15) is 28.6 Å². The molecule has 1 aromatic heterocycles. The molecule has 2 N–H and O–H groups in total. The van der Waals surface area contributed by atoms with E-state index in [1.165, 1.54) is 12.1 Å². The van der Waals surface area contributed by atoms with Gasteiger partial charge in [-0.3, -0.25) is 0 Å². The fourth-order valence-electron chi connectivity index (χ4n) is 3.86. The molecule has 0 saturated carbocycles. The van der Waals surface area contributed by atoms with E-state index in [1.807, 2.05) is 66.1 Å². The monoisotopic (exact) mass is 582 g/mol. The molecule has 0 radical (unpaired) electrons. The number of imidazole rings is 1. The second-order valence-corrected chi connectivity index (χ2v) is 11.0. The topological polar surface area (TPSA) is 102 Å². The number of aromatic nitrogens is 2. The zero-order valence-electron chi connectivity index (χ0n) is 20.4. The van der Waals surface area contributed by atoms with E-state index in [4.69, 9.17) is 4.74 Å². The summed E-state index contributed by atoms with van der Waals surface area (Å²) in [6.45, 7) is 2.34. The molecule has 8 nitrogen and oxygen atoms in total. The maximum atomic E-state index is 13.0. The number of amides is 2. The number of hydrogen-bond acceptors (Lipinski definition) is 5. The predicted octanol–water partition coefficient (Wildman–Crippen LogP) is 4.98. The number of benzene rings is 3. The van der Waals surface area contributed by atoms with E-state index < -0.39 is 22.1 Å². The molecule has 0 aliphatic rings. The minimum atomic E-state index is -4.05. The average Bonchev–Trinajstić information content (AvgIpc) is 3.24. The van der Waals surface area contributed by atoms with Crippen molar-refractivity contribution >= 4 is 32.0 Å². The molecular formula is C27H27BrN4O4S. The Labute approximate surface area is 224 Å². The SMILES string of the molecule is COc1ccc(Cn2c(Br)cnc2[C@H](Cc2ccccc2)NC(=O)NS(=O)(=O)c2ccc(C)cc2)cc1. The maximum Gasteiger partial charge on any atom is 0.329 e. The molecule has 4 rings (SSSR count). The van der Waals surface area contributed by atoms with Gasteiger partial charge in [-0.15, -0.1) is 0 Å². The molecule has 1 heterocycles. The van der Waals surface area contributed by atoms with E-state index >= 15 is 0 Å². The number of nitrogens with zero attached hydrogens (tertiary/aromatic N) is 2. The Morgan fingerprint density at radius 3 is 2.32 bits per heavy atom.